The van der Waals surface area contributed by atoms with Gasteiger partial charge in [-0.15, -0.1) is 0 Å². The molecular weight excluding hydrogens is 238 g/mol. The summed E-state index contributed by atoms with van der Waals surface area (Å²) in [6.07, 6.45) is 2.04. The molecule has 19 heavy (non-hydrogen) atoms. The van der Waals surface area contributed by atoms with Gasteiger partial charge in [-0.25, -0.2) is 0 Å². The third-order valence-electron chi connectivity index (χ3n) is 4.47. The number of aliphatic hydroxyl groups excluding tert-OH is 1. The van der Waals surface area contributed by atoms with Gasteiger partial charge in [0.05, 0.1) is 6.04 Å². The van der Waals surface area contributed by atoms with Crippen LogP contribution < -0.4 is 4.74 Å². The Kier molecular flexibility index (Phi) is 3.50. The molecule has 0 amide bonds. The van der Waals surface area contributed by atoms with Crippen molar-refractivity contribution in [2.24, 2.45) is 5.92 Å². The van der Waals surface area contributed by atoms with Crippen molar-refractivity contribution in [3.05, 3.63) is 29.3 Å². The molecule has 0 bridgehead atoms. The van der Waals surface area contributed by atoms with Crippen LogP contribution in [0.3, 0.4) is 0 Å². The summed E-state index contributed by atoms with van der Waals surface area (Å²) in [4.78, 5) is 2.44. The minimum atomic E-state index is -0.414. The molecular formula is C16H23NO2. The summed E-state index contributed by atoms with van der Waals surface area (Å²) in [5, 5.41) is 10.4. The van der Waals surface area contributed by atoms with Crippen LogP contribution in [-0.4, -0.2) is 35.8 Å². The minimum absolute atomic E-state index is 0.108. The number of piperidine rings is 1. The highest BCUT2D eigenvalue weighted by atomic mass is 16.5. The molecule has 2 aliphatic heterocycles. The predicted octanol–water partition coefficient (Wildman–Crippen LogP) is 2.52. The predicted molar refractivity (Wildman–Crippen MR) is 75.4 cm³/mol. The van der Waals surface area contributed by atoms with Crippen LogP contribution in [0.5, 0.6) is 5.75 Å². The van der Waals surface area contributed by atoms with Crippen LogP contribution in [0.1, 0.15) is 36.9 Å². The molecule has 0 radical (unpaired) electrons. The second kappa shape index (κ2) is 5.14. The molecule has 1 aromatic rings. The van der Waals surface area contributed by atoms with E-state index in [9.17, 15) is 5.11 Å². The number of aryl methyl sites for hydroxylation is 1. The molecule has 0 aromatic heterocycles. The van der Waals surface area contributed by atoms with Gasteiger partial charge in [-0.3, -0.25) is 4.90 Å². The highest BCUT2D eigenvalue weighted by Gasteiger charge is 2.35. The van der Waals surface area contributed by atoms with E-state index in [-0.39, 0.29) is 6.04 Å². The van der Waals surface area contributed by atoms with Gasteiger partial charge in [0.2, 0.25) is 0 Å². The summed E-state index contributed by atoms with van der Waals surface area (Å²) in [7, 11) is 0. The summed E-state index contributed by atoms with van der Waals surface area (Å²) < 4.78 is 5.66. The number of rotatable bonds is 1. The molecule has 2 atom stereocenters. The van der Waals surface area contributed by atoms with Crippen molar-refractivity contribution in [2.75, 3.05) is 19.7 Å². The lowest BCUT2D eigenvalue weighted by atomic mass is 9.91. The third kappa shape index (κ3) is 2.49. The van der Waals surface area contributed by atoms with Crippen LogP contribution in [-0.2, 0) is 0 Å². The zero-order chi connectivity index (χ0) is 13.4. The van der Waals surface area contributed by atoms with Crippen LogP contribution >= 0.6 is 0 Å². The molecule has 0 saturated carbocycles. The van der Waals surface area contributed by atoms with Gasteiger partial charge in [-0.1, -0.05) is 24.6 Å². The summed E-state index contributed by atoms with van der Waals surface area (Å²) in [6.45, 7) is 6.98. The summed E-state index contributed by atoms with van der Waals surface area (Å²) in [5.41, 5.74) is 2.39. The molecule has 2 heterocycles. The van der Waals surface area contributed by atoms with Gasteiger partial charge >= 0.3 is 0 Å². The van der Waals surface area contributed by atoms with Crippen LogP contribution in [0.4, 0.5) is 0 Å². The fourth-order valence-corrected chi connectivity index (χ4v) is 3.25. The lowest BCUT2D eigenvalue weighted by Crippen LogP contribution is -2.45. The Morgan fingerprint density at radius 3 is 2.74 bits per heavy atom. The number of fused-ring (bicyclic) bond motifs is 1. The van der Waals surface area contributed by atoms with E-state index in [1.54, 1.807) is 0 Å². The number of ether oxygens (including phenoxy) is 1. The van der Waals surface area contributed by atoms with Crippen LogP contribution in [0.25, 0.3) is 0 Å². The molecule has 3 heteroatoms. The highest BCUT2D eigenvalue weighted by Crippen LogP contribution is 2.38. The largest absolute Gasteiger partial charge is 0.490 e. The topological polar surface area (TPSA) is 32.7 Å². The second-order valence-electron chi connectivity index (χ2n) is 6.08. The minimum Gasteiger partial charge on any atom is -0.490 e. The van der Waals surface area contributed by atoms with E-state index in [2.05, 4.69) is 30.9 Å². The van der Waals surface area contributed by atoms with Crippen LogP contribution in [0.15, 0.2) is 18.2 Å². The molecule has 3 rings (SSSR count). The summed E-state index contributed by atoms with van der Waals surface area (Å²) in [5.74, 6) is 1.75. The van der Waals surface area contributed by atoms with E-state index < -0.39 is 6.10 Å². The molecule has 0 spiro atoms. The lowest BCUT2D eigenvalue weighted by molar-refractivity contribution is -0.0114. The van der Waals surface area contributed by atoms with Crippen LogP contribution in [0.2, 0.25) is 0 Å². The van der Waals surface area contributed by atoms with Gasteiger partial charge in [0.1, 0.15) is 18.5 Å². The molecule has 2 unspecified atom stereocenters. The molecule has 3 nitrogen and oxygen atoms in total. The van der Waals surface area contributed by atoms with Crippen molar-refractivity contribution in [3.63, 3.8) is 0 Å². The van der Waals surface area contributed by atoms with E-state index in [0.717, 1.165) is 30.3 Å². The lowest BCUT2D eigenvalue weighted by Gasteiger charge is -2.41. The van der Waals surface area contributed by atoms with E-state index in [1.807, 2.05) is 6.07 Å². The maximum Gasteiger partial charge on any atom is 0.124 e. The Balaban J connectivity index is 1.90. The SMILES string of the molecule is Cc1ccc2c(c1)C(N1CCC(C)CC1)C(O)CO2. The first kappa shape index (κ1) is 12.9. The summed E-state index contributed by atoms with van der Waals surface area (Å²) >= 11 is 0. The average molecular weight is 261 g/mol. The van der Waals surface area contributed by atoms with Gasteiger partial charge in [0.25, 0.3) is 0 Å². The Morgan fingerprint density at radius 1 is 1.26 bits per heavy atom. The van der Waals surface area contributed by atoms with Crippen molar-refractivity contribution in [1.82, 2.24) is 4.90 Å². The third-order valence-corrected chi connectivity index (χ3v) is 4.47. The maximum atomic E-state index is 10.4. The van der Waals surface area contributed by atoms with Crippen LogP contribution in [0, 0.1) is 12.8 Å². The zero-order valence-electron chi connectivity index (χ0n) is 11.8. The maximum absolute atomic E-state index is 10.4. The van der Waals surface area contributed by atoms with Gasteiger partial charge < -0.3 is 9.84 Å². The monoisotopic (exact) mass is 261 g/mol. The molecule has 2 aliphatic rings. The molecule has 1 fully saturated rings. The van der Waals surface area contributed by atoms with E-state index in [1.165, 1.54) is 18.4 Å². The van der Waals surface area contributed by atoms with E-state index >= 15 is 0 Å². The van der Waals surface area contributed by atoms with Gasteiger partial charge in [0, 0.05) is 5.56 Å². The van der Waals surface area contributed by atoms with Crippen molar-refractivity contribution in [2.45, 2.75) is 38.8 Å². The molecule has 0 aliphatic carbocycles. The molecule has 1 aromatic carbocycles. The first-order valence-electron chi connectivity index (χ1n) is 7.30. The van der Waals surface area contributed by atoms with Gasteiger partial charge in [-0.05, 0) is 44.8 Å². The molecule has 1 N–H and O–H groups in total. The average Bonchev–Trinajstić information content (AvgIpc) is 2.40. The van der Waals surface area contributed by atoms with Crippen molar-refractivity contribution in [3.8, 4) is 5.75 Å². The number of aliphatic hydroxyl groups is 1. The number of benzene rings is 1. The van der Waals surface area contributed by atoms with E-state index in [4.69, 9.17) is 4.74 Å². The van der Waals surface area contributed by atoms with Crippen molar-refractivity contribution in [1.29, 1.82) is 0 Å². The standard InChI is InChI=1S/C16H23NO2/c1-11-5-7-17(8-6-11)16-13-9-12(2)3-4-15(13)19-10-14(16)18/h3-4,9,11,14,16,18H,5-8,10H2,1-2H3. The first-order valence-corrected chi connectivity index (χ1v) is 7.30. The zero-order valence-corrected chi connectivity index (χ0v) is 11.8. The Labute approximate surface area is 115 Å². The number of likely N-dealkylation sites (tertiary alicyclic amines) is 1. The normalized spacial score (nSPS) is 28.8. The van der Waals surface area contributed by atoms with E-state index in [0.29, 0.717) is 6.61 Å². The highest BCUT2D eigenvalue weighted by molar-refractivity contribution is 5.41. The van der Waals surface area contributed by atoms with Gasteiger partial charge in [-0.2, -0.15) is 0 Å². The molecule has 1 saturated heterocycles. The Morgan fingerprint density at radius 2 is 2.00 bits per heavy atom. The fraction of sp³-hybridized carbons (Fsp3) is 0.625. The second-order valence-corrected chi connectivity index (χ2v) is 6.08. The number of hydrogen-bond donors (Lipinski definition) is 1. The summed E-state index contributed by atoms with van der Waals surface area (Å²) in [6, 6.07) is 6.39. The van der Waals surface area contributed by atoms with Crippen molar-refractivity contribution >= 4 is 0 Å². The molecule has 104 valence electrons. The smallest absolute Gasteiger partial charge is 0.124 e. The number of hydrogen-bond acceptors (Lipinski definition) is 3. The number of nitrogens with zero attached hydrogens (tertiary/aromatic N) is 1. The fourth-order valence-electron chi connectivity index (χ4n) is 3.25. The Bertz CT molecular complexity index is 452. The Hall–Kier alpha value is -1.06. The first-order chi connectivity index (χ1) is 9.15. The van der Waals surface area contributed by atoms with Crippen molar-refractivity contribution < 1.29 is 9.84 Å². The van der Waals surface area contributed by atoms with Gasteiger partial charge in [0.15, 0.2) is 0 Å². The quantitative estimate of drug-likeness (QED) is 0.843.